The van der Waals surface area contributed by atoms with Gasteiger partial charge in [0.15, 0.2) is 33.0 Å². The number of primary amides is 1. The predicted octanol–water partition coefficient (Wildman–Crippen LogP) is 4.99. The van der Waals surface area contributed by atoms with Crippen LogP contribution in [0.4, 0.5) is 8.78 Å². The molecule has 0 spiro atoms. The molecule has 1 aliphatic rings. The van der Waals surface area contributed by atoms with E-state index in [9.17, 15) is 22.0 Å². The fraction of sp³-hybridized carbons (Fsp3) is 0.107. The summed E-state index contributed by atoms with van der Waals surface area (Å²) in [6.45, 7) is 1.63. The van der Waals surface area contributed by atoms with Crippen LogP contribution in [-0.2, 0) is 9.84 Å². The van der Waals surface area contributed by atoms with Crippen molar-refractivity contribution in [1.29, 1.82) is 0 Å². The molecule has 3 aromatic carbocycles. The quantitative estimate of drug-likeness (QED) is 0.297. The van der Waals surface area contributed by atoms with Crippen LogP contribution in [0.3, 0.4) is 0 Å². The molecular formula is C28H20F2N4O6S. The van der Waals surface area contributed by atoms with E-state index < -0.39 is 22.0 Å². The number of nitrogens with zero attached hydrogens (tertiary/aromatic N) is 3. The van der Waals surface area contributed by atoms with Gasteiger partial charge in [0.05, 0.1) is 10.6 Å². The molecule has 3 heterocycles. The normalized spacial score (nSPS) is 13.9. The Morgan fingerprint density at radius 2 is 1.68 bits per heavy atom. The molecule has 0 aliphatic carbocycles. The lowest BCUT2D eigenvalue weighted by atomic mass is 9.98. The van der Waals surface area contributed by atoms with Crippen LogP contribution in [0.1, 0.15) is 16.4 Å². The molecule has 1 aliphatic heterocycles. The molecule has 5 aromatic rings. The summed E-state index contributed by atoms with van der Waals surface area (Å²) < 4.78 is 68.3. The molecule has 0 saturated carbocycles. The molecule has 41 heavy (non-hydrogen) atoms. The zero-order valence-corrected chi connectivity index (χ0v) is 22.3. The van der Waals surface area contributed by atoms with Gasteiger partial charge in [0, 0.05) is 30.5 Å². The first kappa shape index (κ1) is 26.2. The van der Waals surface area contributed by atoms with Crippen LogP contribution < -0.4 is 15.2 Å². The highest BCUT2D eigenvalue weighted by atomic mass is 32.2. The molecule has 0 bridgehead atoms. The molecule has 13 heteroatoms. The number of alkyl halides is 2. The second kappa shape index (κ2) is 9.27. The van der Waals surface area contributed by atoms with Gasteiger partial charge < -0.3 is 19.6 Å². The van der Waals surface area contributed by atoms with E-state index in [4.69, 9.17) is 10.2 Å². The van der Waals surface area contributed by atoms with Gasteiger partial charge in [-0.2, -0.15) is 5.10 Å². The second-order valence-electron chi connectivity index (χ2n) is 9.28. The highest BCUT2D eigenvalue weighted by molar-refractivity contribution is 7.90. The van der Waals surface area contributed by atoms with Gasteiger partial charge in [0.2, 0.25) is 0 Å². The Hall–Kier alpha value is -5.04. The zero-order valence-electron chi connectivity index (χ0n) is 21.5. The Kier molecular flexibility index (Phi) is 5.92. The Morgan fingerprint density at radius 3 is 2.41 bits per heavy atom. The minimum absolute atomic E-state index is 0.0338. The van der Waals surface area contributed by atoms with Crippen molar-refractivity contribution in [3.8, 4) is 50.9 Å². The maximum Gasteiger partial charge on any atom is 0.586 e. The van der Waals surface area contributed by atoms with E-state index in [1.54, 1.807) is 55.6 Å². The van der Waals surface area contributed by atoms with E-state index in [-0.39, 0.29) is 33.7 Å². The third kappa shape index (κ3) is 4.91. The van der Waals surface area contributed by atoms with Crippen molar-refractivity contribution in [3.63, 3.8) is 0 Å². The maximum absolute atomic E-state index is 13.7. The van der Waals surface area contributed by atoms with Crippen LogP contribution >= 0.6 is 0 Å². The molecule has 1 amide bonds. The number of rotatable bonds is 6. The summed E-state index contributed by atoms with van der Waals surface area (Å²) in [5.74, 6) is -0.451. The topological polar surface area (TPSA) is 140 Å². The van der Waals surface area contributed by atoms with Crippen molar-refractivity contribution in [2.45, 2.75) is 18.1 Å². The number of hydrogen-bond donors (Lipinski definition) is 1. The molecule has 0 fully saturated rings. The predicted molar refractivity (Wildman–Crippen MR) is 143 cm³/mol. The fourth-order valence-corrected chi connectivity index (χ4v) is 5.16. The largest absolute Gasteiger partial charge is 0.586 e. The smallest absolute Gasteiger partial charge is 0.440 e. The SMILES string of the molecule is Cc1nc(-c2ccc3c(c2)OC(F)(F)O3)c(-c2cc(-c3cccc(S(C)(=O)=O)c3)ccc2-n2ccc(C(N)=O)n2)o1. The molecule has 208 valence electrons. The van der Waals surface area contributed by atoms with Gasteiger partial charge in [0.1, 0.15) is 11.4 Å². The van der Waals surface area contributed by atoms with Crippen molar-refractivity contribution in [2.24, 2.45) is 5.73 Å². The number of amides is 1. The number of aryl methyl sites for hydroxylation is 1. The van der Waals surface area contributed by atoms with Gasteiger partial charge in [-0.05, 0) is 59.7 Å². The van der Waals surface area contributed by atoms with Gasteiger partial charge in [-0.15, -0.1) is 8.78 Å². The standard InChI is InChI=1S/C28H20F2N4O6S/c1-15-32-25(18-7-9-23-24(14-18)40-28(29,30)39-23)26(38-15)20-13-17(16-4-3-5-19(12-16)41(2,36)37)6-8-22(20)34-11-10-21(33-34)27(31)35/h3-14H,1-2H3,(H2,31,35). The summed E-state index contributed by atoms with van der Waals surface area (Å²) in [7, 11) is -3.47. The lowest BCUT2D eigenvalue weighted by Gasteiger charge is -2.13. The summed E-state index contributed by atoms with van der Waals surface area (Å²) in [4.78, 5) is 16.4. The van der Waals surface area contributed by atoms with E-state index in [1.807, 2.05) is 0 Å². The lowest BCUT2D eigenvalue weighted by molar-refractivity contribution is -0.286. The number of ether oxygens (including phenoxy) is 2. The molecule has 0 radical (unpaired) electrons. The highest BCUT2D eigenvalue weighted by Gasteiger charge is 2.43. The first-order valence-corrected chi connectivity index (χ1v) is 14.0. The van der Waals surface area contributed by atoms with Crippen molar-refractivity contribution in [2.75, 3.05) is 6.26 Å². The zero-order chi connectivity index (χ0) is 29.1. The molecule has 6 rings (SSSR count). The van der Waals surface area contributed by atoms with Gasteiger partial charge in [-0.3, -0.25) is 4.79 Å². The lowest BCUT2D eigenvalue weighted by Crippen LogP contribution is -2.25. The Morgan fingerprint density at radius 1 is 0.951 bits per heavy atom. The number of hydrogen-bond acceptors (Lipinski definition) is 8. The first-order chi connectivity index (χ1) is 19.4. The van der Waals surface area contributed by atoms with Crippen LogP contribution in [0.2, 0.25) is 0 Å². The summed E-state index contributed by atoms with van der Waals surface area (Å²) >= 11 is 0. The molecule has 0 saturated heterocycles. The van der Waals surface area contributed by atoms with Crippen LogP contribution in [0.15, 0.2) is 82.2 Å². The minimum atomic E-state index is -3.79. The van der Waals surface area contributed by atoms with Crippen LogP contribution in [0.25, 0.3) is 39.4 Å². The highest BCUT2D eigenvalue weighted by Crippen LogP contribution is 2.45. The number of oxazole rings is 1. The molecule has 2 aromatic heterocycles. The number of benzene rings is 3. The average molecular weight is 579 g/mol. The van der Waals surface area contributed by atoms with Gasteiger partial charge in [-0.25, -0.2) is 18.1 Å². The van der Waals surface area contributed by atoms with E-state index in [0.717, 1.165) is 6.26 Å². The van der Waals surface area contributed by atoms with E-state index in [2.05, 4.69) is 19.6 Å². The van der Waals surface area contributed by atoms with Gasteiger partial charge in [0.25, 0.3) is 5.91 Å². The summed E-state index contributed by atoms with van der Waals surface area (Å²) in [5, 5.41) is 4.27. The fourth-order valence-electron chi connectivity index (χ4n) is 4.49. The first-order valence-electron chi connectivity index (χ1n) is 12.1. The van der Waals surface area contributed by atoms with Crippen LogP contribution in [-0.4, -0.2) is 41.6 Å². The third-order valence-corrected chi connectivity index (χ3v) is 7.44. The average Bonchev–Trinajstić information content (AvgIpc) is 3.63. The molecule has 10 nitrogen and oxygen atoms in total. The van der Waals surface area contributed by atoms with Gasteiger partial charge >= 0.3 is 6.29 Å². The number of halogens is 2. The van der Waals surface area contributed by atoms with E-state index >= 15 is 0 Å². The van der Waals surface area contributed by atoms with Crippen LogP contribution in [0, 0.1) is 6.92 Å². The number of aromatic nitrogens is 3. The van der Waals surface area contributed by atoms with Crippen molar-refractivity contribution < 1.29 is 35.9 Å². The summed E-state index contributed by atoms with van der Waals surface area (Å²) in [5.41, 5.74) is 8.35. The second-order valence-corrected chi connectivity index (χ2v) is 11.3. The maximum atomic E-state index is 13.7. The van der Waals surface area contributed by atoms with Crippen molar-refractivity contribution >= 4 is 15.7 Å². The molecular weight excluding hydrogens is 558 g/mol. The molecule has 0 atom stereocenters. The number of sulfone groups is 1. The Labute approximate surface area is 231 Å². The number of carbonyl (C=O) groups excluding carboxylic acids is 1. The van der Waals surface area contributed by atoms with E-state index in [0.29, 0.717) is 33.6 Å². The summed E-state index contributed by atoms with van der Waals surface area (Å²) in [6.07, 6.45) is -1.11. The number of fused-ring (bicyclic) bond motifs is 1. The number of carbonyl (C=O) groups is 1. The third-order valence-electron chi connectivity index (χ3n) is 6.33. The van der Waals surface area contributed by atoms with Crippen molar-refractivity contribution in [3.05, 3.63) is 84.5 Å². The van der Waals surface area contributed by atoms with Crippen molar-refractivity contribution in [1.82, 2.24) is 14.8 Å². The Bertz CT molecular complexity index is 1970. The van der Waals surface area contributed by atoms with Gasteiger partial charge in [-0.1, -0.05) is 18.2 Å². The molecule has 0 unspecified atom stereocenters. The molecule has 2 N–H and O–H groups in total. The monoisotopic (exact) mass is 578 g/mol. The minimum Gasteiger partial charge on any atom is -0.440 e. The number of nitrogens with two attached hydrogens (primary N) is 1. The Balaban J connectivity index is 1.55. The summed E-state index contributed by atoms with van der Waals surface area (Å²) in [6, 6.07) is 17.4. The van der Waals surface area contributed by atoms with E-state index in [1.165, 1.54) is 28.9 Å². The van der Waals surface area contributed by atoms with Crippen LogP contribution in [0.5, 0.6) is 11.5 Å².